The largest absolute Gasteiger partial charge is 0.459 e. The molecular formula is C16H16ClNO5S. The molecule has 0 radical (unpaired) electrons. The van der Waals surface area contributed by atoms with E-state index < -0.39 is 24.5 Å². The van der Waals surface area contributed by atoms with Crippen molar-refractivity contribution in [2.24, 2.45) is 5.92 Å². The molecule has 0 saturated heterocycles. The van der Waals surface area contributed by atoms with Crippen LogP contribution in [0.3, 0.4) is 0 Å². The molecule has 128 valence electrons. The molecule has 0 aliphatic rings. The molecule has 2 heterocycles. The fourth-order valence-corrected chi connectivity index (χ4v) is 2.85. The van der Waals surface area contributed by atoms with Gasteiger partial charge in [0.2, 0.25) is 5.78 Å². The van der Waals surface area contributed by atoms with Gasteiger partial charge >= 0.3 is 5.97 Å². The minimum Gasteiger partial charge on any atom is -0.459 e. The van der Waals surface area contributed by atoms with Gasteiger partial charge in [0.05, 0.1) is 15.5 Å². The van der Waals surface area contributed by atoms with E-state index in [0.717, 1.165) is 11.3 Å². The highest BCUT2D eigenvalue weighted by Gasteiger charge is 2.27. The minimum absolute atomic E-state index is 0.0951. The van der Waals surface area contributed by atoms with Gasteiger partial charge in [-0.05, 0) is 30.2 Å². The number of Topliss-reactive ketones (excluding diaryl/α,β-unsaturated/α-hetero) is 1. The van der Waals surface area contributed by atoms with Crippen LogP contribution in [-0.2, 0) is 9.53 Å². The van der Waals surface area contributed by atoms with Gasteiger partial charge < -0.3 is 14.5 Å². The van der Waals surface area contributed by atoms with E-state index in [1.165, 1.54) is 12.3 Å². The van der Waals surface area contributed by atoms with Crippen molar-refractivity contribution >= 4 is 40.6 Å². The molecule has 6 nitrogen and oxygen atoms in total. The summed E-state index contributed by atoms with van der Waals surface area (Å²) in [7, 11) is 0. The first-order valence-electron chi connectivity index (χ1n) is 7.18. The van der Waals surface area contributed by atoms with Gasteiger partial charge in [0.25, 0.3) is 5.91 Å². The maximum absolute atomic E-state index is 12.2. The number of nitrogens with one attached hydrogen (secondary N) is 1. The molecular weight excluding hydrogens is 354 g/mol. The lowest BCUT2D eigenvalue weighted by Gasteiger charge is -2.20. The molecule has 1 atom stereocenters. The zero-order valence-corrected chi connectivity index (χ0v) is 14.6. The average molecular weight is 370 g/mol. The first-order valence-corrected chi connectivity index (χ1v) is 8.37. The van der Waals surface area contributed by atoms with Crippen molar-refractivity contribution in [1.29, 1.82) is 0 Å². The second kappa shape index (κ2) is 8.12. The summed E-state index contributed by atoms with van der Waals surface area (Å²) in [5.41, 5.74) is 0. The van der Waals surface area contributed by atoms with Gasteiger partial charge in [-0.2, -0.15) is 0 Å². The zero-order valence-electron chi connectivity index (χ0n) is 13.1. The third-order valence-electron chi connectivity index (χ3n) is 3.15. The molecule has 8 heteroatoms. The fraction of sp³-hybridized carbons (Fsp3) is 0.312. The van der Waals surface area contributed by atoms with Crippen LogP contribution in [0.1, 0.15) is 34.1 Å². The lowest BCUT2D eigenvalue weighted by molar-refractivity contribution is -0.145. The monoisotopic (exact) mass is 369 g/mol. The Hall–Kier alpha value is -2.12. The predicted octanol–water partition coefficient (Wildman–Crippen LogP) is 3.18. The van der Waals surface area contributed by atoms with Gasteiger partial charge in [-0.25, -0.2) is 4.79 Å². The Labute approximate surface area is 147 Å². The van der Waals surface area contributed by atoms with E-state index in [1.807, 2.05) is 0 Å². The normalized spacial score (nSPS) is 12.0. The van der Waals surface area contributed by atoms with Gasteiger partial charge in [0.15, 0.2) is 12.4 Å². The summed E-state index contributed by atoms with van der Waals surface area (Å²) < 4.78 is 10.5. The molecule has 0 fully saturated rings. The second-order valence-electron chi connectivity index (χ2n) is 5.31. The third kappa shape index (κ3) is 4.69. The van der Waals surface area contributed by atoms with E-state index in [9.17, 15) is 14.4 Å². The number of ketones is 1. The Morgan fingerprint density at radius 1 is 1.29 bits per heavy atom. The van der Waals surface area contributed by atoms with Gasteiger partial charge in [0.1, 0.15) is 6.04 Å². The number of amides is 1. The number of rotatable bonds is 7. The maximum atomic E-state index is 12.2. The number of carbonyl (C=O) groups is 3. The van der Waals surface area contributed by atoms with Crippen molar-refractivity contribution in [1.82, 2.24) is 5.32 Å². The maximum Gasteiger partial charge on any atom is 0.329 e. The molecule has 2 rings (SSSR count). The van der Waals surface area contributed by atoms with Gasteiger partial charge in [0, 0.05) is 0 Å². The number of hydrogen-bond donors (Lipinski definition) is 1. The van der Waals surface area contributed by atoms with Crippen LogP contribution in [0, 0.1) is 5.92 Å². The Kier molecular flexibility index (Phi) is 6.16. The number of thiophene rings is 1. The highest BCUT2D eigenvalue weighted by Crippen LogP contribution is 2.21. The van der Waals surface area contributed by atoms with E-state index in [2.05, 4.69) is 5.32 Å². The Morgan fingerprint density at radius 2 is 2.04 bits per heavy atom. The average Bonchev–Trinajstić information content (AvgIpc) is 3.20. The van der Waals surface area contributed by atoms with Crippen molar-refractivity contribution in [3.05, 3.63) is 45.5 Å². The summed E-state index contributed by atoms with van der Waals surface area (Å²) in [5, 5.41) is 2.55. The molecule has 0 aliphatic heterocycles. The van der Waals surface area contributed by atoms with Crippen molar-refractivity contribution in [2.45, 2.75) is 19.9 Å². The van der Waals surface area contributed by atoms with Crippen molar-refractivity contribution in [3.63, 3.8) is 0 Å². The van der Waals surface area contributed by atoms with Crippen molar-refractivity contribution in [3.8, 4) is 0 Å². The number of carbonyl (C=O) groups excluding carboxylic acids is 3. The number of halogens is 1. The zero-order chi connectivity index (χ0) is 17.7. The highest BCUT2D eigenvalue weighted by atomic mass is 35.5. The molecule has 0 spiro atoms. The molecule has 0 unspecified atom stereocenters. The van der Waals surface area contributed by atoms with E-state index in [1.54, 1.807) is 32.0 Å². The number of hydrogen-bond acceptors (Lipinski definition) is 6. The lowest BCUT2D eigenvalue weighted by atomic mass is 10.0. The van der Waals surface area contributed by atoms with Crippen LogP contribution in [0.15, 0.2) is 34.9 Å². The Morgan fingerprint density at radius 3 is 2.58 bits per heavy atom. The molecule has 0 aliphatic carbocycles. The molecule has 24 heavy (non-hydrogen) atoms. The predicted molar refractivity (Wildman–Crippen MR) is 89.4 cm³/mol. The molecule has 0 saturated carbocycles. The van der Waals surface area contributed by atoms with Crippen LogP contribution < -0.4 is 5.32 Å². The smallest absolute Gasteiger partial charge is 0.329 e. The molecule has 0 aromatic carbocycles. The number of esters is 1. The van der Waals surface area contributed by atoms with Gasteiger partial charge in [-0.1, -0.05) is 25.4 Å². The van der Waals surface area contributed by atoms with Crippen LogP contribution >= 0.6 is 22.9 Å². The standard InChI is InChI=1S/C16H16ClNO5S/c1-9(2)14(18-15(20)11-4-3-7-22-11)16(21)23-8-10(19)12-5-6-13(17)24-12/h3-7,9,14H,8H2,1-2H3,(H,18,20)/t14-/m0/s1. The summed E-state index contributed by atoms with van der Waals surface area (Å²) >= 11 is 6.88. The second-order valence-corrected chi connectivity index (χ2v) is 7.02. The molecule has 2 aromatic heterocycles. The SMILES string of the molecule is CC(C)[C@H](NC(=O)c1ccco1)C(=O)OCC(=O)c1ccc(Cl)s1. The quantitative estimate of drug-likeness (QED) is 0.598. The first kappa shape index (κ1) is 18.2. The van der Waals surface area contributed by atoms with Gasteiger partial charge in [-0.3, -0.25) is 9.59 Å². The van der Waals surface area contributed by atoms with Gasteiger partial charge in [-0.15, -0.1) is 11.3 Å². The lowest BCUT2D eigenvalue weighted by Crippen LogP contribution is -2.45. The first-order chi connectivity index (χ1) is 11.4. The highest BCUT2D eigenvalue weighted by molar-refractivity contribution is 7.18. The van der Waals surface area contributed by atoms with Crippen LogP contribution in [0.25, 0.3) is 0 Å². The summed E-state index contributed by atoms with van der Waals surface area (Å²) in [6.07, 6.45) is 1.36. The summed E-state index contributed by atoms with van der Waals surface area (Å²) in [6, 6.07) is 5.34. The van der Waals surface area contributed by atoms with E-state index in [4.69, 9.17) is 20.8 Å². The Bertz CT molecular complexity index is 723. The molecule has 2 aromatic rings. The van der Waals surface area contributed by atoms with Crippen LogP contribution in [0.2, 0.25) is 4.34 Å². The fourth-order valence-electron chi connectivity index (χ4n) is 1.88. The minimum atomic E-state index is -0.887. The van der Waals surface area contributed by atoms with E-state index >= 15 is 0 Å². The summed E-state index contributed by atoms with van der Waals surface area (Å²) in [5.74, 6) is -1.67. The topological polar surface area (TPSA) is 85.6 Å². The summed E-state index contributed by atoms with van der Waals surface area (Å²) in [4.78, 5) is 36.5. The molecule has 1 N–H and O–H groups in total. The van der Waals surface area contributed by atoms with E-state index in [0.29, 0.717) is 9.21 Å². The van der Waals surface area contributed by atoms with E-state index in [-0.39, 0.29) is 17.5 Å². The van der Waals surface area contributed by atoms with Crippen molar-refractivity contribution in [2.75, 3.05) is 6.61 Å². The Balaban J connectivity index is 1.94. The van der Waals surface area contributed by atoms with Crippen LogP contribution in [0.5, 0.6) is 0 Å². The molecule has 0 bridgehead atoms. The van der Waals surface area contributed by atoms with Crippen molar-refractivity contribution < 1.29 is 23.5 Å². The van der Waals surface area contributed by atoms with Crippen LogP contribution in [-0.4, -0.2) is 30.3 Å². The number of furan rings is 1. The number of ether oxygens (including phenoxy) is 1. The molecule has 1 amide bonds. The van der Waals surface area contributed by atoms with Crippen LogP contribution in [0.4, 0.5) is 0 Å². The summed E-state index contributed by atoms with van der Waals surface area (Å²) in [6.45, 7) is 3.11. The third-order valence-corrected chi connectivity index (χ3v) is 4.42.